The van der Waals surface area contributed by atoms with Crippen molar-refractivity contribution in [1.82, 2.24) is 25.8 Å². The third kappa shape index (κ3) is 5.44. The fourth-order valence-electron chi connectivity index (χ4n) is 5.99. The highest BCUT2D eigenvalue weighted by Crippen LogP contribution is 2.38. The minimum atomic E-state index is -1.09. The number of carbonyl (C=O) groups is 4. The number of nitrogens with zero attached hydrogens (tertiary/aromatic N) is 2. The molecule has 1 aromatic heterocycles. The maximum Gasteiger partial charge on any atom is 0.319 e. The lowest BCUT2D eigenvalue weighted by atomic mass is 9.77. The molecule has 0 atom stereocenters. The van der Waals surface area contributed by atoms with Crippen LogP contribution in [0.3, 0.4) is 0 Å². The predicted octanol–water partition coefficient (Wildman–Crippen LogP) is 2.50. The number of urea groups is 1. The first-order valence-corrected chi connectivity index (χ1v) is 14.4. The van der Waals surface area contributed by atoms with E-state index in [4.69, 9.17) is 0 Å². The smallest absolute Gasteiger partial charge is 0.319 e. The summed E-state index contributed by atoms with van der Waals surface area (Å²) < 4.78 is 14.8. The maximum absolute atomic E-state index is 14.1. The third-order valence-electron chi connectivity index (χ3n) is 8.15. The molecule has 3 fully saturated rings. The second-order valence-corrected chi connectivity index (χ2v) is 11.6. The fraction of sp³-hybridized carbons (Fsp3) is 0.556. The number of amides is 5. The minimum Gasteiger partial charge on any atom is -0.355 e. The van der Waals surface area contributed by atoms with Crippen molar-refractivity contribution in [3.05, 3.63) is 29.6 Å². The van der Waals surface area contributed by atoms with E-state index < -0.39 is 17.3 Å². The van der Waals surface area contributed by atoms with E-state index >= 15 is 0 Å². The van der Waals surface area contributed by atoms with Crippen LogP contribution in [0.25, 0.3) is 10.1 Å². The quantitative estimate of drug-likeness (QED) is 0.431. The van der Waals surface area contributed by atoms with Gasteiger partial charge in [-0.05, 0) is 63.3 Å². The molecule has 5 amide bonds. The van der Waals surface area contributed by atoms with Crippen molar-refractivity contribution < 1.29 is 23.6 Å². The van der Waals surface area contributed by atoms with Crippen molar-refractivity contribution in [3.8, 4) is 0 Å². The molecule has 10 nitrogen and oxygen atoms in total. The Morgan fingerprint density at radius 2 is 1.74 bits per heavy atom. The lowest BCUT2D eigenvalue weighted by molar-refractivity contribution is -0.148. The zero-order valence-corrected chi connectivity index (χ0v) is 22.9. The van der Waals surface area contributed by atoms with E-state index in [9.17, 15) is 23.6 Å². The Balaban J connectivity index is 1.31. The molecule has 12 heteroatoms. The molecule has 4 heterocycles. The molecule has 39 heavy (non-hydrogen) atoms. The normalized spacial score (nSPS) is 21.0. The van der Waals surface area contributed by atoms with Crippen LogP contribution in [0.4, 0.5) is 14.2 Å². The first kappa shape index (κ1) is 27.3. The number of rotatable bonds is 3. The van der Waals surface area contributed by atoms with Crippen molar-refractivity contribution in [3.63, 3.8) is 0 Å². The number of halogens is 1. The molecule has 0 aliphatic carbocycles. The van der Waals surface area contributed by atoms with Gasteiger partial charge in [0.05, 0.1) is 5.56 Å². The van der Waals surface area contributed by atoms with Crippen LogP contribution in [0.2, 0.25) is 0 Å². The summed E-state index contributed by atoms with van der Waals surface area (Å²) in [4.78, 5) is 56.1. The second kappa shape index (κ2) is 11.5. The van der Waals surface area contributed by atoms with Crippen molar-refractivity contribution in [1.29, 1.82) is 0 Å². The van der Waals surface area contributed by atoms with E-state index in [0.717, 1.165) is 25.8 Å². The van der Waals surface area contributed by atoms with E-state index in [1.807, 2.05) is 0 Å². The van der Waals surface area contributed by atoms with Crippen molar-refractivity contribution >= 4 is 50.2 Å². The molecule has 3 saturated heterocycles. The number of hydrogen-bond acceptors (Lipinski definition) is 6. The summed E-state index contributed by atoms with van der Waals surface area (Å²) in [6, 6.07) is 3.97. The second-order valence-electron chi connectivity index (χ2n) is 10.5. The maximum atomic E-state index is 14.1. The Morgan fingerprint density at radius 1 is 1.05 bits per heavy atom. The Kier molecular flexibility index (Phi) is 8.03. The highest BCUT2D eigenvalue weighted by molar-refractivity contribution is 7.23. The van der Waals surface area contributed by atoms with Gasteiger partial charge >= 0.3 is 6.03 Å². The highest BCUT2D eigenvalue weighted by Gasteiger charge is 2.50. The number of thiophene rings is 1. The lowest BCUT2D eigenvalue weighted by Gasteiger charge is -2.45. The zero-order valence-electron chi connectivity index (χ0n) is 22.1. The van der Waals surface area contributed by atoms with Gasteiger partial charge in [-0.25, -0.2) is 9.18 Å². The molecule has 1 spiro atoms. The molecule has 0 bridgehead atoms. The SMILES string of the molecule is CNC(=O)Nc1sc2ccc(F)cc2c1C(=O)N1CCC(N2CCCC3(C2)C(=O)NCCCCNC3=O)CC1. The molecule has 210 valence electrons. The van der Waals surface area contributed by atoms with Crippen molar-refractivity contribution in [2.24, 2.45) is 5.41 Å². The van der Waals surface area contributed by atoms with Crippen LogP contribution < -0.4 is 21.3 Å². The first-order chi connectivity index (χ1) is 18.8. The standard InChI is InChI=1S/C27H35FN6O4S/c1-29-26(38)32-22-21(19-15-17(28)5-6-20(19)39-22)23(35)33-13-7-18(8-14-33)34-12-4-9-27(16-34)24(36)30-10-2-3-11-31-25(27)37/h5-6,15,18H,2-4,7-14,16H2,1H3,(H,30,36)(H,31,37)(H2,29,32,38). The van der Waals surface area contributed by atoms with Gasteiger partial charge in [-0.1, -0.05) is 0 Å². The topological polar surface area (TPSA) is 123 Å². The average molecular weight is 559 g/mol. The summed E-state index contributed by atoms with van der Waals surface area (Å²) in [5.74, 6) is -1.07. The molecule has 5 rings (SSSR count). The molecule has 3 aliphatic heterocycles. The van der Waals surface area contributed by atoms with Gasteiger partial charge in [0, 0.05) is 55.9 Å². The van der Waals surface area contributed by atoms with Crippen LogP contribution in [0.15, 0.2) is 18.2 Å². The Hall–Kier alpha value is -3.25. The number of hydrogen-bond donors (Lipinski definition) is 4. The van der Waals surface area contributed by atoms with Crippen LogP contribution in [0.5, 0.6) is 0 Å². The summed E-state index contributed by atoms with van der Waals surface area (Å²) in [6.45, 7) is 3.30. The number of likely N-dealkylation sites (tertiary alicyclic amines) is 2. The molecule has 4 N–H and O–H groups in total. The fourth-order valence-corrected chi connectivity index (χ4v) is 7.06. The van der Waals surface area contributed by atoms with Gasteiger partial charge in [0.2, 0.25) is 11.8 Å². The number of piperidine rings is 2. The molecular formula is C27H35FN6O4S. The van der Waals surface area contributed by atoms with Crippen LogP contribution in [0, 0.1) is 11.2 Å². The van der Waals surface area contributed by atoms with Crippen molar-refractivity contribution in [2.75, 3.05) is 51.6 Å². The summed E-state index contributed by atoms with van der Waals surface area (Å²) in [6.07, 6.45) is 4.34. The number of anilines is 1. The monoisotopic (exact) mass is 558 g/mol. The lowest BCUT2D eigenvalue weighted by Crippen LogP contribution is -2.61. The van der Waals surface area contributed by atoms with E-state index in [1.54, 1.807) is 11.0 Å². The van der Waals surface area contributed by atoms with Gasteiger partial charge in [0.1, 0.15) is 16.2 Å². The predicted molar refractivity (Wildman–Crippen MR) is 147 cm³/mol. The van der Waals surface area contributed by atoms with Crippen LogP contribution in [-0.2, 0) is 9.59 Å². The Morgan fingerprint density at radius 3 is 2.41 bits per heavy atom. The minimum absolute atomic E-state index is 0.139. The number of fused-ring (bicyclic) bond motifs is 1. The van der Waals surface area contributed by atoms with Gasteiger partial charge in [-0.3, -0.25) is 24.6 Å². The molecule has 0 radical (unpaired) electrons. The zero-order chi connectivity index (χ0) is 27.6. The van der Waals surface area contributed by atoms with E-state index in [0.29, 0.717) is 72.6 Å². The van der Waals surface area contributed by atoms with E-state index in [-0.39, 0.29) is 23.8 Å². The van der Waals surface area contributed by atoms with E-state index in [2.05, 4.69) is 26.2 Å². The van der Waals surface area contributed by atoms with Gasteiger partial charge in [0.15, 0.2) is 0 Å². The summed E-state index contributed by atoms with van der Waals surface area (Å²) in [7, 11) is 1.49. The van der Waals surface area contributed by atoms with Gasteiger partial charge in [-0.2, -0.15) is 0 Å². The van der Waals surface area contributed by atoms with Gasteiger partial charge < -0.3 is 20.9 Å². The number of benzene rings is 1. The van der Waals surface area contributed by atoms with Gasteiger partial charge in [0.25, 0.3) is 5.91 Å². The number of nitrogens with one attached hydrogen (secondary N) is 4. The Bertz CT molecular complexity index is 1250. The molecular weight excluding hydrogens is 523 g/mol. The summed E-state index contributed by atoms with van der Waals surface area (Å²) >= 11 is 1.24. The van der Waals surface area contributed by atoms with Gasteiger partial charge in [-0.15, -0.1) is 11.3 Å². The molecule has 2 aromatic rings. The first-order valence-electron chi connectivity index (χ1n) is 13.6. The molecule has 3 aliphatic rings. The third-order valence-corrected chi connectivity index (χ3v) is 9.24. The van der Waals surface area contributed by atoms with E-state index in [1.165, 1.54) is 30.5 Å². The largest absolute Gasteiger partial charge is 0.355 e. The highest BCUT2D eigenvalue weighted by atomic mass is 32.1. The van der Waals surface area contributed by atoms with Crippen molar-refractivity contribution in [2.45, 2.75) is 44.6 Å². The van der Waals surface area contributed by atoms with Crippen LogP contribution in [0.1, 0.15) is 48.9 Å². The summed E-state index contributed by atoms with van der Waals surface area (Å²) in [5, 5.41) is 12.0. The van der Waals surface area contributed by atoms with Crippen LogP contribution >= 0.6 is 11.3 Å². The molecule has 0 saturated carbocycles. The Labute approximate surface area is 230 Å². The summed E-state index contributed by atoms with van der Waals surface area (Å²) in [5.41, 5.74) is -0.789. The number of carbonyl (C=O) groups excluding carboxylic acids is 4. The average Bonchev–Trinajstić information content (AvgIpc) is 3.32. The van der Waals surface area contributed by atoms with Crippen LogP contribution in [-0.4, -0.2) is 85.9 Å². The molecule has 1 aromatic carbocycles. The molecule has 0 unspecified atom stereocenters.